The molecule has 118 valence electrons. The van der Waals surface area contributed by atoms with E-state index >= 15 is 0 Å². The number of rotatable bonds is 5. The summed E-state index contributed by atoms with van der Waals surface area (Å²) in [6.45, 7) is 3.14. The van der Waals surface area contributed by atoms with Gasteiger partial charge in [0.05, 0.1) is 16.9 Å². The van der Waals surface area contributed by atoms with Gasteiger partial charge in [-0.3, -0.25) is 9.48 Å². The van der Waals surface area contributed by atoms with Gasteiger partial charge in [0.2, 0.25) is 0 Å². The Hall–Kier alpha value is -2.44. The molecular weight excluding hydrogens is 292 g/mol. The number of aryl methyl sites for hydroxylation is 2. The van der Waals surface area contributed by atoms with Gasteiger partial charge in [0, 0.05) is 12.2 Å². The lowest BCUT2D eigenvalue weighted by molar-refractivity contribution is -0.0493. The molecule has 0 radical (unpaired) electrons. The third-order valence-electron chi connectivity index (χ3n) is 3.26. The smallest absolute Gasteiger partial charge is 0.387 e. The van der Waals surface area contributed by atoms with Crippen molar-refractivity contribution in [1.82, 2.24) is 9.78 Å². The van der Waals surface area contributed by atoms with E-state index in [0.29, 0.717) is 17.8 Å². The third kappa shape index (κ3) is 3.24. The standard InChI is InChI=1S/C15H17F2N3O2/c1-4-20-10(3)13(9(2)19-20)14(21)18-11-7-5-6-8-12(11)22-15(16)17/h5-8,15H,4H2,1-3H3,(H,18,21). The summed E-state index contributed by atoms with van der Waals surface area (Å²) in [5.74, 6) is -0.482. The predicted octanol–water partition coefficient (Wildman–Crippen LogP) is 3.37. The molecule has 0 unspecified atom stereocenters. The van der Waals surface area contributed by atoms with Crippen LogP contribution in [0.3, 0.4) is 0 Å². The van der Waals surface area contributed by atoms with Crippen LogP contribution in [0.15, 0.2) is 24.3 Å². The molecule has 0 saturated heterocycles. The summed E-state index contributed by atoms with van der Waals surface area (Å²) >= 11 is 0. The van der Waals surface area contributed by atoms with Crippen LogP contribution in [0.25, 0.3) is 0 Å². The van der Waals surface area contributed by atoms with Gasteiger partial charge in [-0.1, -0.05) is 12.1 Å². The molecule has 0 atom stereocenters. The van der Waals surface area contributed by atoms with Gasteiger partial charge in [-0.2, -0.15) is 13.9 Å². The molecule has 1 aromatic carbocycles. The zero-order valence-corrected chi connectivity index (χ0v) is 12.6. The fraction of sp³-hybridized carbons (Fsp3) is 0.333. The molecule has 2 rings (SSSR count). The van der Waals surface area contributed by atoms with Gasteiger partial charge >= 0.3 is 6.61 Å². The van der Waals surface area contributed by atoms with E-state index in [-0.39, 0.29) is 11.4 Å². The van der Waals surface area contributed by atoms with Gasteiger partial charge in [-0.05, 0) is 32.9 Å². The van der Waals surface area contributed by atoms with Crippen LogP contribution in [0.1, 0.15) is 28.7 Å². The number of benzene rings is 1. The highest BCUT2D eigenvalue weighted by Crippen LogP contribution is 2.26. The first kappa shape index (κ1) is 15.9. The number of para-hydroxylation sites is 2. The summed E-state index contributed by atoms with van der Waals surface area (Å²) in [6, 6.07) is 6.06. The molecule has 0 spiro atoms. The van der Waals surface area contributed by atoms with E-state index < -0.39 is 12.5 Å². The van der Waals surface area contributed by atoms with Crippen LogP contribution in [0.2, 0.25) is 0 Å². The van der Waals surface area contributed by atoms with E-state index in [1.54, 1.807) is 30.7 Å². The Kier molecular flexibility index (Phi) is 4.75. The Balaban J connectivity index is 2.28. The molecule has 0 fully saturated rings. The minimum atomic E-state index is -2.95. The fourth-order valence-corrected chi connectivity index (χ4v) is 2.29. The number of aromatic nitrogens is 2. The number of hydrogen-bond acceptors (Lipinski definition) is 3. The number of carbonyl (C=O) groups excluding carboxylic acids is 1. The van der Waals surface area contributed by atoms with E-state index in [9.17, 15) is 13.6 Å². The predicted molar refractivity (Wildman–Crippen MR) is 78.4 cm³/mol. The van der Waals surface area contributed by atoms with Gasteiger partial charge < -0.3 is 10.1 Å². The number of ether oxygens (including phenoxy) is 1. The first-order valence-corrected chi connectivity index (χ1v) is 6.83. The first-order valence-electron chi connectivity index (χ1n) is 6.83. The molecule has 7 heteroatoms. The van der Waals surface area contributed by atoms with Gasteiger partial charge in [-0.25, -0.2) is 0 Å². The molecule has 1 aromatic heterocycles. The Labute approximate surface area is 126 Å². The van der Waals surface area contributed by atoms with Gasteiger partial charge in [-0.15, -0.1) is 0 Å². The lowest BCUT2D eigenvalue weighted by Gasteiger charge is -2.11. The Morgan fingerprint density at radius 1 is 1.36 bits per heavy atom. The Bertz CT molecular complexity index is 683. The Morgan fingerprint density at radius 2 is 2.05 bits per heavy atom. The van der Waals surface area contributed by atoms with Crippen LogP contribution >= 0.6 is 0 Å². The van der Waals surface area contributed by atoms with Crippen LogP contribution < -0.4 is 10.1 Å². The van der Waals surface area contributed by atoms with Crippen molar-refractivity contribution in [1.29, 1.82) is 0 Å². The van der Waals surface area contributed by atoms with Gasteiger partial charge in [0.25, 0.3) is 5.91 Å². The number of alkyl halides is 2. The average molecular weight is 309 g/mol. The summed E-state index contributed by atoms with van der Waals surface area (Å²) in [5.41, 5.74) is 1.94. The Morgan fingerprint density at radius 3 is 2.64 bits per heavy atom. The van der Waals surface area contributed by atoms with Crippen LogP contribution in [0, 0.1) is 13.8 Å². The second-order valence-electron chi connectivity index (χ2n) is 4.69. The highest BCUT2D eigenvalue weighted by atomic mass is 19.3. The fourth-order valence-electron chi connectivity index (χ4n) is 2.29. The number of anilines is 1. The van der Waals surface area contributed by atoms with Crippen LogP contribution in [-0.4, -0.2) is 22.3 Å². The average Bonchev–Trinajstić information content (AvgIpc) is 2.75. The zero-order valence-electron chi connectivity index (χ0n) is 12.6. The van der Waals surface area contributed by atoms with E-state index in [1.807, 2.05) is 6.92 Å². The maximum atomic E-state index is 12.4. The number of nitrogens with zero attached hydrogens (tertiary/aromatic N) is 2. The van der Waals surface area contributed by atoms with Crippen molar-refractivity contribution in [3.8, 4) is 5.75 Å². The number of hydrogen-bond donors (Lipinski definition) is 1. The lowest BCUT2D eigenvalue weighted by Crippen LogP contribution is -2.15. The normalized spacial score (nSPS) is 10.8. The topological polar surface area (TPSA) is 56.2 Å². The summed E-state index contributed by atoms with van der Waals surface area (Å²) < 4.78 is 30.9. The van der Waals surface area contributed by atoms with Crippen molar-refractivity contribution >= 4 is 11.6 Å². The summed E-state index contributed by atoms with van der Waals surface area (Å²) in [7, 11) is 0. The van der Waals surface area contributed by atoms with Crippen molar-refractivity contribution < 1.29 is 18.3 Å². The number of halogens is 2. The van der Waals surface area contributed by atoms with E-state index in [0.717, 1.165) is 5.69 Å². The van der Waals surface area contributed by atoms with E-state index in [2.05, 4.69) is 15.2 Å². The number of amides is 1. The van der Waals surface area contributed by atoms with E-state index in [4.69, 9.17) is 0 Å². The molecule has 0 saturated carbocycles. The number of carbonyl (C=O) groups is 1. The highest BCUT2D eigenvalue weighted by molar-refractivity contribution is 6.06. The molecule has 22 heavy (non-hydrogen) atoms. The maximum Gasteiger partial charge on any atom is 0.387 e. The quantitative estimate of drug-likeness (QED) is 0.921. The summed E-state index contributed by atoms with van der Waals surface area (Å²) in [5, 5.41) is 6.87. The second kappa shape index (κ2) is 6.55. The summed E-state index contributed by atoms with van der Waals surface area (Å²) in [4.78, 5) is 12.4. The molecular formula is C15H17F2N3O2. The molecule has 0 aliphatic rings. The molecule has 0 aliphatic heterocycles. The molecule has 1 N–H and O–H groups in total. The van der Waals surface area contributed by atoms with Crippen LogP contribution in [0.5, 0.6) is 5.75 Å². The van der Waals surface area contributed by atoms with Crippen LogP contribution in [0.4, 0.5) is 14.5 Å². The van der Waals surface area contributed by atoms with Crippen molar-refractivity contribution in [2.24, 2.45) is 0 Å². The third-order valence-corrected chi connectivity index (χ3v) is 3.26. The minimum Gasteiger partial charge on any atom is -0.433 e. The van der Waals surface area contributed by atoms with Crippen molar-refractivity contribution in [3.63, 3.8) is 0 Å². The van der Waals surface area contributed by atoms with Crippen molar-refractivity contribution in [2.75, 3.05) is 5.32 Å². The van der Waals surface area contributed by atoms with Gasteiger partial charge in [0.15, 0.2) is 0 Å². The van der Waals surface area contributed by atoms with Crippen molar-refractivity contribution in [2.45, 2.75) is 33.9 Å². The zero-order chi connectivity index (χ0) is 16.3. The van der Waals surface area contributed by atoms with Crippen molar-refractivity contribution in [3.05, 3.63) is 41.2 Å². The molecule has 1 heterocycles. The highest BCUT2D eigenvalue weighted by Gasteiger charge is 2.19. The second-order valence-corrected chi connectivity index (χ2v) is 4.69. The SMILES string of the molecule is CCn1nc(C)c(C(=O)Nc2ccccc2OC(F)F)c1C. The van der Waals surface area contributed by atoms with E-state index in [1.165, 1.54) is 12.1 Å². The summed E-state index contributed by atoms with van der Waals surface area (Å²) in [6.07, 6.45) is 0. The molecule has 2 aromatic rings. The molecule has 5 nitrogen and oxygen atoms in total. The maximum absolute atomic E-state index is 12.4. The molecule has 0 bridgehead atoms. The minimum absolute atomic E-state index is 0.0796. The van der Waals surface area contributed by atoms with Gasteiger partial charge in [0.1, 0.15) is 5.75 Å². The lowest BCUT2D eigenvalue weighted by atomic mass is 10.1. The monoisotopic (exact) mass is 309 g/mol. The van der Waals surface area contributed by atoms with Crippen LogP contribution in [-0.2, 0) is 6.54 Å². The largest absolute Gasteiger partial charge is 0.433 e. The molecule has 0 aliphatic carbocycles. The first-order chi connectivity index (χ1) is 10.4. The molecule has 1 amide bonds. The number of nitrogens with one attached hydrogen (secondary N) is 1.